The largest absolute Gasteiger partial charge is 0.321 e. The molecule has 3 rings (SSSR count). The van der Waals surface area contributed by atoms with Crippen LogP contribution in [0.1, 0.15) is 72.1 Å². The number of para-hydroxylation sites is 1. The number of hydrogen-bond acceptors (Lipinski definition) is 1. The van der Waals surface area contributed by atoms with Crippen molar-refractivity contribution in [2.45, 2.75) is 52.4 Å². The molecule has 0 fully saturated rings. The molecule has 0 aliphatic rings. The lowest BCUT2D eigenvalue weighted by Gasteiger charge is -2.21. The minimum Gasteiger partial charge on any atom is -0.321 e. The van der Waals surface area contributed by atoms with E-state index in [2.05, 4.69) is 81.5 Å². The molecule has 2 nitrogen and oxygen atoms in total. The Morgan fingerprint density at radius 3 is 1.93 bits per heavy atom. The van der Waals surface area contributed by atoms with Gasteiger partial charge in [-0.05, 0) is 53.0 Å². The normalized spacial score (nSPS) is 11.1. The van der Waals surface area contributed by atoms with Crippen LogP contribution in [0.15, 0.2) is 72.8 Å². The van der Waals surface area contributed by atoms with Crippen LogP contribution in [0.25, 0.3) is 0 Å². The summed E-state index contributed by atoms with van der Waals surface area (Å²) in [6.07, 6.45) is 1.77. The number of anilines is 1. The van der Waals surface area contributed by atoms with Crippen molar-refractivity contribution in [1.82, 2.24) is 0 Å². The maximum Gasteiger partial charge on any atom is 0.255 e. The zero-order valence-corrected chi connectivity index (χ0v) is 17.9. The standard InChI is InChI=1S/C27H31NO/c1-19(2)23-15-10-16-24(20(3)4)26(23)28-27(29)25-14-9-8-13-22(25)18-17-21-11-6-5-7-12-21/h5-16,19-20H,17-18H2,1-4H3,(H,28,29). The predicted molar refractivity (Wildman–Crippen MR) is 123 cm³/mol. The van der Waals surface area contributed by atoms with Crippen molar-refractivity contribution >= 4 is 11.6 Å². The smallest absolute Gasteiger partial charge is 0.255 e. The van der Waals surface area contributed by atoms with Gasteiger partial charge < -0.3 is 5.32 Å². The fourth-order valence-electron chi connectivity index (χ4n) is 3.76. The molecular weight excluding hydrogens is 354 g/mol. The summed E-state index contributed by atoms with van der Waals surface area (Å²) in [5, 5.41) is 3.26. The molecule has 0 atom stereocenters. The van der Waals surface area contributed by atoms with Gasteiger partial charge in [-0.1, -0.05) is 94.4 Å². The molecule has 0 saturated carbocycles. The van der Waals surface area contributed by atoms with Crippen LogP contribution in [0, 0.1) is 0 Å². The average Bonchev–Trinajstić information content (AvgIpc) is 2.73. The Hall–Kier alpha value is -2.87. The SMILES string of the molecule is CC(C)c1cccc(C(C)C)c1NC(=O)c1ccccc1CCc1ccccc1. The van der Waals surface area contributed by atoms with Crippen LogP contribution in [0.2, 0.25) is 0 Å². The molecule has 29 heavy (non-hydrogen) atoms. The Kier molecular flexibility index (Phi) is 6.87. The van der Waals surface area contributed by atoms with Crippen molar-refractivity contribution in [3.8, 4) is 0 Å². The lowest BCUT2D eigenvalue weighted by Crippen LogP contribution is -2.17. The summed E-state index contributed by atoms with van der Waals surface area (Å²) >= 11 is 0. The minimum atomic E-state index is -0.0244. The third kappa shape index (κ3) is 5.14. The molecule has 0 aliphatic carbocycles. The molecule has 0 heterocycles. The lowest BCUT2D eigenvalue weighted by atomic mass is 9.92. The Morgan fingerprint density at radius 2 is 1.31 bits per heavy atom. The van der Waals surface area contributed by atoms with Crippen LogP contribution in [-0.2, 0) is 12.8 Å². The second kappa shape index (κ2) is 9.56. The van der Waals surface area contributed by atoms with Gasteiger partial charge >= 0.3 is 0 Å². The molecule has 150 valence electrons. The van der Waals surface area contributed by atoms with Gasteiger partial charge in [0.25, 0.3) is 5.91 Å². The van der Waals surface area contributed by atoms with E-state index in [0.29, 0.717) is 11.8 Å². The molecule has 3 aromatic rings. The van der Waals surface area contributed by atoms with Crippen LogP contribution in [0.4, 0.5) is 5.69 Å². The van der Waals surface area contributed by atoms with E-state index in [0.717, 1.165) is 29.7 Å². The Labute approximate surface area is 175 Å². The van der Waals surface area contributed by atoms with Crippen LogP contribution < -0.4 is 5.32 Å². The highest BCUT2D eigenvalue weighted by Gasteiger charge is 2.18. The highest BCUT2D eigenvalue weighted by Crippen LogP contribution is 2.33. The van der Waals surface area contributed by atoms with Gasteiger partial charge in [-0.3, -0.25) is 4.79 Å². The number of aryl methyl sites for hydroxylation is 2. The Morgan fingerprint density at radius 1 is 0.724 bits per heavy atom. The van der Waals surface area contributed by atoms with E-state index in [1.807, 2.05) is 24.3 Å². The van der Waals surface area contributed by atoms with Gasteiger partial charge in [0.15, 0.2) is 0 Å². The first-order valence-electron chi connectivity index (χ1n) is 10.5. The van der Waals surface area contributed by atoms with Gasteiger partial charge in [0.2, 0.25) is 0 Å². The molecule has 0 aliphatic heterocycles. The summed E-state index contributed by atoms with van der Waals surface area (Å²) in [6, 6.07) is 24.7. The molecule has 1 N–H and O–H groups in total. The molecule has 0 bridgehead atoms. The van der Waals surface area contributed by atoms with Crippen molar-refractivity contribution < 1.29 is 4.79 Å². The summed E-state index contributed by atoms with van der Waals surface area (Å²) in [4.78, 5) is 13.3. The molecule has 0 unspecified atom stereocenters. The fraction of sp³-hybridized carbons (Fsp3) is 0.296. The Balaban J connectivity index is 1.87. The van der Waals surface area contributed by atoms with Crippen LogP contribution in [0.5, 0.6) is 0 Å². The number of carbonyl (C=O) groups excluding carboxylic acids is 1. The van der Waals surface area contributed by atoms with E-state index in [-0.39, 0.29) is 5.91 Å². The van der Waals surface area contributed by atoms with Crippen LogP contribution >= 0.6 is 0 Å². The number of carbonyl (C=O) groups is 1. The molecular formula is C27H31NO. The van der Waals surface area contributed by atoms with Gasteiger partial charge in [-0.15, -0.1) is 0 Å². The summed E-state index contributed by atoms with van der Waals surface area (Å²) < 4.78 is 0. The average molecular weight is 386 g/mol. The minimum absolute atomic E-state index is 0.0244. The highest BCUT2D eigenvalue weighted by molar-refractivity contribution is 6.06. The second-order valence-electron chi connectivity index (χ2n) is 8.22. The molecule has 3 aromatic carbocycles. The first-order valence-corrected chi connectivity index (χ1v) is 10.5. The maximum atomic E-state index is 13.3. The van der Waals surface area contributed by atoms with E-state index in [9.17, 15) is 4.79 Å². The van der Waals surface area contributed by atoms with Gasteiger partial charge in [0, 0.05) is 11.3 Å². The zero-order valence-electron chi connectivity index (χ0n) is 17.9. The summed E-state index contributed by atoms with van der Waals surface area (Å²) in [7, 11) is 0. The molecule has 2 heteroatoms. The third-order valence-electron chi connectivity index (χ3n) is 5.40. The lowest BCUT2D eigenvalue weighted by molar-refractivity contribution is 0.102. The van der Waals surface area contributed by atoms with Crippen LogP contribution in [-0.4, -0.2) is 5.91 Å². The van der Waals surface area contributed by atoms with Crippen LogP contribution in [0.3, 0.4) is 0 Å². The second-order valence-corrected chi connectivity index (χ2v) is 8.22. The summed E-state index contributed by atoms with van der Waals surface area (Å²) in [5.74, 6) is 0.665. The van der Waals surface area contributed by atoms with Gasteiger partial charge in [0.05, 0.1) is 0 Å². The number of amides is 1. The summed E-state index contributed by atoms with van der Waals surface area (Å²) in [5.41, 5.74) is 6.48. The first kappa shape index (κ1) is 20.9. The molecule has 1 amide bonds. The van der Waals surface area contributed by atoms with Crippen molar-refractivity contribution in [2.75, 3.05) is 5.32 Å². The maximum absolute atomic E-state index is 13.3. The van der Waals surface area contributed by atoms with Gasteiger partial charge in [-0.25, -0.2) is 0 Å². The number of rotatable bonds is 7. The molecule has 0 aromatic heterocycles. The summed E-state index contributed by atoms with van der Waals surface area (Å²) in [6.45, 7) is 8.68. The van der Waals surface area contributed by atoms with E-state index in [1.165, 1.54) is 16.7 Å². The van der Waals surface area contributed by atoms with Gasteiger partial charge in [-0.2, -0.15) is 0 Å². The van der Waals surface area contributed by atoms with E-state index >= 15 is 0 Å². The zero-order chi connectivity index (χ0) is 20.8. The first-order chi connectivity index (χ1) is 14.0. The monoisotopic (exact) mass is 385 g/mol. The third-order valence-corrected chi connectivity index (χ3v) is 5.40. The number of benzene rings is 3. The topological polar surface area (TPSA) is 29.1 Å². The van der Waals surface area contributed by atoms with Crippen molar-refractivity contribution in [1.29, 1.82) is 0 Å². The number of hydrogen-bond donors (Lipinski definition) is 1. The van der Waals surface area contributed by atoms with Crippen molar-refractivity contribution in [2.24, 2.45) is 0 Å². The molecule has 0 spiro atoms. The predicted octanol–water partition coefficient (Wildman–Crippen LogP) is 6.97. The number of nitrogens with one attached hydrogen (secondary N) is 1. The molecule has 0 saturated heterocycles. The fourth-order valence-corrected chi connectivity index (χ4v) is 3.76. The van der Waals surface area contributed by atoms with Gasteiger partial charge in [0.1, 0.15) is 0 Å². The van der Waals surface area contributed by atoms with E-state index < -0.39 is 0 Å². The van der Waals surface area contributed by atoms with E-state index in [1.54, 1.807) is 0 Å². The Bertz CT molecular complexity index is 931. The highest BCUT2D eigenvalue weighted by atomic mass is 16.1. The quantitative estimate of drug-likeness (QED) is 0.467. The van der Waals surface area contributed by atoms with Crippen molar-refractivity contribution in [3.05, 3.63) is 101 Å². The van der Waals surface area contributed by atoms with E-state index in [4.69, 9.17) is 0 Å². The van der Waals surface area contributed by atoms with Crippen molar-refractivity contribution in [3.63, 3.8) is 0 Å². The molecule has 0 radical (unpaired) electrons.